The van der Waals surface area contributed by atoms with Crippen molar-refractivity contribution in [1.29, 1.82) is 0 Å². The number of aliphatic carboxylic acids is 1. The number of hydrogen-bond donors (Lipinski definition) is 2. The lowest BCUT2D eigenvalue weighted by atomic mass is 10.1. The average Bonchev–Trinajstić information content (AvgIpc) is 2.49. The van der Waals surface area contributed by atoms with Crippen molar-refractivity contribution in [3.63, 3.8) is 0 Å². The second-order valence-corrected chi connectivity index (χ2v) is 6.41. The number of hydrogen-bond acceptors (Lipinski definition) is 3. The minimum atomic E-state index is -1.23. The Morgan fingerprint density at radius 2 is 2.12 bits per heavy atom. The molecule has 4 nitrogen and oxygen atoms in total. The number of thiophene rings is 1. The number of halogens is 1. The topological polar surface area (TPSA) is 66.4 Å². The van der Waals surface area contributed by atoms with Gasteiger partial charge in [-0.15, -0.1) is 11.3 Å². The van der Waals surface area contributed by atoms with Crippen LogP contribution in [0.2, 0.25) is 0 Å². The Morgan fingerprint density at radius 1 is 1.50 bits per heavy atom. The van der Waals surface area contributed by atoms with E-state index in [0.29, 0.717) is 0 Å². The molecule has 0 atom stereocenters. The fraction of sp³-hybridized carbons (Fsp3) is 0.400. The Morgan fingerprint density at radius 3 is 2.56 bits per heavy atom. The summed E-state index contributed by atoms with van der Waals surface area (Å²) in [4.78, 5) is 23.2. The summed E-state index contributed by atoms with van der Waals surface area (Å²) in [7, 11) is 0. The first-order valence-electron chi connectivity index (χ1n) is 4.60. The van der Waals surface area contributed by atoms with Crippen LogP contribution in [0.5, 0.6) is 0 Å². The summed E-state index contributed by atoms with van der Waals surface area (Å²) in [6.07, 6.45) is 0.201. The molecule has 2 N–H and O–H groups in total. The van der Waals surface area contributed by atoms with E-state index < -0.39 is 11.5 Å². The van der Waals surface area contributed by atoms with Gasteiger partial charge in [-0.3, -0.25) is 4.79 Å². The molecule has 1 heterocycles. The van der Waals surface area contributed by atoms with Crippen molar-refractivity contribution in [3.8, 4) is 0 Å². The average molecular weight is 306 g/mol. The standard InChI is InChI=1S/C10H12BrNO3S/c1-10(2,9(14)15)12-8(13)5-6-3-4-7(11)16-6/h3-4H,5H2,1-2H3,(H,12,13)(H,14,15). The molecule has 0 saturated carbocycles. The Kier molecular flexibility index (Phi) is 4.09. The van der Waals surface area contributed by atoms with Crippen molar-refractivity contribution < 1.29 is 14.7 Å². The second-order valence-electron chi connectivity index (χ2n) is 3.86. The van der Waals surface area contributed by atoms with Crippen LogP contribution in [-0.4, -0.2) is 22.5 Å². The Labute approximate surface area is 106 Å². The molecule has 0 unspecified atom stereocenters. The zero-order valence-electron chi connectivity index (χ0n) is 8.91. The maximum Gasteiger partial charge on any atom is 0.328 e. The van der Waals surface area contributed by atoms with Crippen LogP contribution >= 0.6 is 27.3 Å². The number of carboxylic acids is 1. The predicted molar refractivity (Wildman–Crippen MR) is 65.6 cm³/mol. The summed E-state index contributed by atoms with van der Waals surface area (Å²) in [6, 6.07) is 3.69. The highest BCUT2D eigenvalue weighted by Crippen LogP contribution is 2.22. The highest BCUT2D eigenvalue weighted by atomic mass is 79.9. The molecule has 0 aliphatic heterocycles. The van der Waals surface area contributed by atoms with Gasteiger partial charge in [0.15, 0.2) is 0 Å². The van der Waals surface area contributed by atoms with Crippen LogP contribution in [0.3, 0.4) is 0 Å². The molecule has 1 amide bonds. The van der Waals surface area contributed by atoms with Crippen molar-refractivity contribution in [2.24, 2.45) is 0 Å². The van der Waals surface area contributed by atoms with Crippen LogP contribution in [0.25, 0.3) is 0 Å². The Hall–Kier alpha value is -0.880. The van der Waals surface area contributed by atoms with Gasteiger partial charge in [-0.25, -0.2) is 4.79 Å². The number of rotatable bonds is 4. The molecule has 16 heavy (non-hydrogen) atoms. The molecule has 0 saturated heterocycles. The smallest absolute Gasteiger partial charge is 0.328 e. The highest BCUT2D eigenvalue weighted by Gasteiger charge is 2.28. The summed E-state index contributed by atoms with van der Waals surface area (Å²) in [5.74, 6) is -1.34. The van der Waals surface area contributed by atoms with E-state index >= 15 is 0 Å². The van der Waals surface area contributed by atoms with E-state index in [9.17, 15) is 9.59 Å². The number of carboxylic acid groups (broad SMARTS) is 1. The first-order valence-corrected chi connectivity index (χ1v) is 6.21. The molecule has 1 aromatic rings. The first kappa shape index (κ1) is 13.2. The van der Waals surface area contributed by atoms with Crippen molar-refractivity contribution in [3.05, 3.63) is 20.8 Å². The monoisotopic (exact) mass is 305 g/mol. The van der Waals surface area contributed by atoms with Gasteiger partial charge in [0.25, 0.3) is 0 Å². The lowest BCUT2D eigenvalue weighted by molar-refractivity contribution is -0.145. The first-order chi connectivity index (χ1) is 7.31. The van der Waals surface area contributed by atoms with E-state index in [-0.39, 0.29) is 12.3 Å². The quantitative estimate of drug-likeness (QED) is 0.894. The largest absolute Gasteiger partial charge is 0.480 e. The fourth-order valence-corrected chi connectivity index (χ4v) is 2.53. The molecule has 88 valence electrons. The van der Waals surface area contributed by atoms with Gasteiger partial charge in [-0.1, -0.05) is 0 Å². The SMILES string of the molecule is CC(C)(NC(=O)Cc1ccc(Br)s1)C(=O)O. The maximum absolute atomic E-state index is 11.6. The molecular formula is C10H12BrNO3S. The lowest BCUT2D eigenvalue weighted by Crippen LogP contribution is -2.50. The molecule has 0 aromatic carbocycles. The van der Waals surface area contributed by atoms with Crippen LogP contribution in [0, 0.1) is 0 Å². The van der Waals surface area contributed by atoms with Crippen molar-refractivity contribution in [2.45, 2.75) is 25.8 Å². The number of carbonyl (C=O) groups is 2. The van der Waals surface area contributed by atoms with Crippen molar-refractivity contribution >= 4 is 39.1 Å². The third kappa shape index (κ3) is 3.61. The third-order valence-electron chi connectivity index (χ3n) is 1.95. The van der Waals surface area contributed by atoms with Crippen molar-refractivity contribution in [1.82, 2.24) is 5.32 Å². The molecule has 1 rings (SSSR count). The second kappa shape index (κ2) is 4.97. The third-order valence-corrected chi connectivity index (χ3v) is 3.57. The number of nitrogens with one attached hydrogen (secondary N) is 1. The molecule has 0 fully saturated rings. The summed E-state index contributed by atoms with van der Waals surface area (Å²) < 4.78 is 0.952. The normalized spacial score (nSPS) is 11.2. The van der Waals surface area contributed by atoms with Gasteiger partial charge in [0.05, 0.1) is 10.2 Å². The van der Waals surface area contributed by atoms with Crippen LogP contribution in [0.4, 0.5) is 0 Å². The summed E-state index contributed by atoms with van der Waals surface area (Å²) in [6.45, 7) is 2.91. The van der Waals surface area contributed by atoms with Gasteiger partial charge in [-0.05, 0) is 41.9 Å². The van der Waals surface area contributed by atoms with Gasteiger partial charge >= 0.3 is 5.97 Å². The van der Waals surface area contributed by atoms with Gasteiger partial charge in [0.2, 0.25) is 5.91 Å². The predicted octanol–water partition coefficient (Wildman–Crippen LogP) is 2.03. The van der Waals surface area contributed by atoms with Gasteiger partial charge in [0.1, 0.15) is 5.54 Å². The van der Waals surface area contributed by atoms with E-state index in [4.69, 9.17) is 5.11 Å². The molecular weight excluding hydrogens is 294 g/mol. The van der Waals surface area contributed by atoms with E-state index in [2.05, 4.69) is 21.2 Å². The molecule has 0 spiro atoms. The highest BCUT2D eigenvalue weighted by molar-refractivity contribution is 9.11. The van der Waals surface area contributed by atoms with Crippen LogP contribution in [-0.2, 0) is 16.0 Å². The van der Waals surface area contributed by atoms with E-state index in [0.717, 1.165) is 8.66 Å². The Balaban J connectivity index is 2.58. The molecule has 0 aliphatic rings. The molecule has 6 heteroatoms. The van der Waals surface area contributed by atoms with E-state index in [1.54, 1.807) is 0 Å². The Bertz CT molecular complexity index is 414. The zero-order chi connectivity index (χ0) is 12.3. The van der Waals surface area contributed by atoms with Crippen LogP contribution < -0.4 is 5.32 Å². The number of amides is 1. The van der Waals surface area contributed by atoms with Gasteiger partial charge < -0.3 is 10.4 Å². The minimum absolute atomic E-state index is 0.201. The van der Waals surface area contributed by atoms with Gasteiger partial charge in [-0.2, -0.15) is 0 Å². The number of carbonyl (C=O) groups excluding carboxylic acids is 1. The fourth-order valence-electron chi connectivity index (χ4n) is 1.05. The van der Waals surface area contributed by atoms with Crippen molar-refractivity contribution in [2.75, 3.05) is 0 Å². The van der Waals surface area contributed by atoms with Crippen LogP contribution in [0.1, 0.15) is 18.7 Å². The molecule has 0 radical (unpaired) electrons. The summed E-state index contributed by atoms with van der Waals surface area (Å²) >= 11 is 4.76. The minimum Gasteiger partial charge on any atom is -0.480 e. The molecule has 0 bridgehead atoms. The van der Waals surface area contributed by atoms with E-state index in [1.165, 1.54) is 25.2 Å². The maximum atomic E-state index is 11.6. The van der Waals surface area contributed by atoms with Gasteiger partial charge in [0, 0.05) is 4.88 Å². The van der Waals surface area contributed by atoms with E-state index in [1.807, 2.05) is 12.1 Å². The summed E-state index contributed by atoms with van der Waals surface area (Å²) in [5, 5.41) is 11.3. The van der Waals surface area contributed by atoms with Crippen LogP contribution in [0.15, 0.2) is 15.9 Å². The molecule has 1 aromatic heterocycles. The molecule has 0 aliphatic carbocycles. The zero-order valence-corrected chi connectivity index (χ0v) is 11.3. The summed E-state index contributed by atoms with van der Waals surface area (Å²) in [5.41, 5.74) is -1.23. The lowest BCUT2D eigenvalue weighted by Gasteiger charge is -2.20.